The summed E-state index contributed by atoms with van der Waals surface area (Å²) in [5.41, 5.74) is 5.02. The van der Waals surface area contributed by atoms with Gasteiger partial charge < -0.3 is 5.11 Å². The number of hydrogen-bond donors (Lipinski definition) is 1. The molecule has 1 N–H and O–H groups in total. The van der Waals surface area contributed by atoms with Crippen molar-refractivity contribution in [3.8, 4) is 22.9 Å². The lowest BCUT2D eigenvalue weighted by Gasteiger charge is -2.11. The highest BCUT2D eigenvalue weighted by molar-refractivity contribution is 5.71. The van der Waals surface area contributed by atoms with Crippen LogP contribution in [0.3, 0.4) is 0 Å². The largest absolute Gasteiger partial charge is 0.508 e. The standard InChI is InChI=1S/C17H17NO.C2H6/c1-3-4-13-9-15(11-18)12(2)17(10-13)14-5-7-16(19)8-6-14;1-2/h5-10,19H,3-4H2,1-2H3;1-2H3. The first-order valence-corrected chi connectivity index (χ1v) is 7.48. The molecule has 0 unspecified atom stereocenters. The van der Waals surface area contributed by atoms with Crippen molar-refractivity contribution in [3.63, 3.8) is 0 Å². The molecule has 0 atom stereocenters. The zero-order valence-corrected chi connectivity index (χ0v) is 13.3. The maximum atomic E-state index is 9.36. The van der Waals surface area contributed by atoms with E-state index in [0.717, 1.165) is 35.1 Å². The van der Waals surface area contributed by atoms with Crippen molar-refractivity contribution in [2.45, 2.75) is 40.5 Å². The third-order valence-electron chi connectivity index (χ3n) is 3.30. The van der Waals surface area contributed by atoms with Crippen LogP contribution in [0.4, 0.5) is 0 Å². The van der Waals surface area contributed by atoms with Crippen molar-refractivity contribution in [3.05, 3.63) is 53.1 Å². The first kappa shape index (κ1) is 16.8. The summed E-state index contributed by atoms with van der Waals surface area (Å²) in [6, 6.07) is 13.5. The van der Waals surface area contributed by atoms with Gasteiger partial charge in [0.05, 0.1) is 11.6 Å². The van der Waals surface area contributed by atoms with E-state index in [1.807, 2.05) is 39.0 Å². The molecule has 2 nitrogen and oxygen atoms in total. The second-order valence-corrected chi connectivity index (χ2v) is 4.72. The van der Waals surface area contributed by atoms with Gasteiger partial charge in [-0.2, -0.15) is 5.26 Å². The normalized spacial score (nSPS) is 9.48. The van der Waals surface area contributed by atoms with E-state index in [1.54, 1.807) is 12.1 Å². The highest BCUT2D eigenvalue weighted by Crippen LogP contribution is 2.29. The van der Waals surface area contributed by atoms with E-state index in [0.29, 0.717) is 0 Å². The molecule has 0 saturated heterocycles. The van der Waals surface area contributed by atoms with Gasteiger partial charge >= 0.3 is 0 Å². The number of rotatable bonds is 3. The molecule has 0 saturated carbocycles. The van der Waals surface area contributed by atoms with E-state index in [2.05, 4.69) is 19.1 Å². The summed E-state index contributed by atoms with van der Waals surface area (Å²) >= 11 is 0. The van der Waals surface area contributed by atoms with Crippen LogP contribution in [0.25, 0.3) is 11.1 Å². The van der Waals surface area contributed by atoms with E-state index in [4.69, 9.17) is 0 Å². The number of phenolic OH excluding ortho intramolecular Hbond substituents is 1. The minimum absolute atomic E-state index is 0.256. The second kappa shape index (κ2) is 8.11. The maximum Gasteiger partial charge on any atom is 0.115 e. The third-order valence-corrected chi connectivity index (χ3v) is 3.30. The van der Waals surface area contributed by atoms with Crippen LogP contribution >= 0.6 is 0 Å². The number of phenols is 1. The number of hydrogen-bond acceptors (Lipinski definition) is 2. The predicted octanol–water partition coefficient (Wildman–Crippen LogP) is 5.22. The van der Waals surface area contributed by atoms with Crippen LogP contribution in [0.2, 0.25) is 0 Å². The smallest absolute Gasteiger partial charge is 0.115 e. The maximum absolute atomic E-state index is 9.36. The lowest BCUT2D eigenvalue weighted by molar-refractivity contribution is 0.475. The van der Waals surface area contributed by atoms with E-state index >= 15 is 0 Å². The van der Waals surface area contributed by atoms with Crippen molar-refractivity contribution in [2.24, 2.45) is 0 Å². The number of aromatic hydroxyl groups is 1. The average Bonchev–Trinajstić information content (AvgIpc) is 2.52. The zero-order valence-electron chi connectivity index (χ0n) is 13.3. The lowest BCUT2D eigenvalue weighted by Crippen LogP contribution is -1.93. The Bertz CT molecular complexity index is 621. The molecule has 21 heavy (non-hydrogen) atoms. The molecule has 0 aliphatic heterocycles. The summed E-state index contributed by atoms with van der Waals surface area (Å²) in [7, 11) is 0. The average molecular weight is 281 g/mol. The monoisotopic (exact) mass is 281 g/mol. The van der Waals surface area contributed by atoms with Gasteiger partial charge in [-0.25, -0.2) is 0 Å². The van der Waals surface area contributed by atoms with Gasteiger partial charge in [0.25, 0.3) is 0 Å². The Hall–Kier alpha value is -2.27. The second-order valence-electron chi connectivity index (χ2n) is 4.72. The molecule has 0 radical (unpaired) electrons. The molecule has 0 spiro atoms. The Morgan fingerprint density at radius 1 is 1.10 bits per heavy atom. The zero-order chi connectivity index (χ0) is 15.8. The van der Waals surface area contributed by atoms with Crippen LogP contribution in [0.5, 0.6) is 5.75 Å². The number of nitriles is 1. The summed E-state index contributed by atoms with van der Waals surface area (Å²) in [5.74, 6) is 0.256. The molecule has 0 heterocycles. The molecule has 0 aliphatic rings. The number of nitrogens with zero attached hydrogens (tertiary/aromatic N) is 1. The number of aryl methyl sites for hydroxylation is 1. The molecule has 0 bridgehead atoms. The first-order chi connectivity index (χ1) is 10.2. The molecule has 110 valence electrons. The van der Waals surface area contributed by atoms with Crippen LogP contribution in [-0.2, 0) is 6.42 Å². The Kier molecular flexibility index (Phi) is 6.49. The van der Waals surface area contributed by atoms with Gasteiger partial charge in [0.2, 0.25) is 0 Å². The van der Waals surface area contributed by atoms with Crippen molar-refractivity contribution in [1.29, 1.82) is 5.26 Å². The van der Waals surface area contributed by atoms with E-state index in [-0.39, 0.29) is 5.75 Å². The van der Waals surface area contributed by atoms with Gasteiger partial charge in [0.15, 0.2) is 0 Å². The summed E-state index contributed by atoms with van der Waals surface area (Å²) in [4.78, 5) is 0. The van der Waals surface area contributed by atoms with E-state index < -0.39 is 0 Å². The van der Waals surface area contributed by atoms with Crippen LogP contribution < -0.4 is 0 Å². The van der Waals surface area contributed by atoms with E-state index in [9.17, 15) is 10.4 Å². The van der Waals surface area contributed by atoms with Crippen LogP contribution in [0.1, 0.15) is 43.9 Å². The van der Waals surface area contributed by atoms with E-state index in [1.165, 1.54) is 5.56 Å². The van der Waals surface area contributed by atoms with Crippen LogP contribution in [0.15, 0.2) is 36.4 Å². The van der Waals surface area contributed by atoms with Crippen LogP contribution in [0, 0.1) is 18.3 Å². The van der Waals surface area contributed by atoms with Crippen molar-refractivity contribution >= 4 is 0 Å². The summed E-state index contributed by atoms with van der Waals surface area (Å²) < 4.78 is 0. The van der Waals surface area contributed by atoms with Crippen molar-refractivity contribution < 1.29 is 5.11 Å². The summed E-state index contributed by atoms with van der Waals surface area (Å²) in [6.45, 7) is 8.10. The Balaban J connectivity index is 0.00000106. The fourth-order valence-corrected chi connectivity index (χ4v) is 2.26. The molecule has 0 aliphatic carbocycles. The fraction of sp³-hybridized carbons (Fsp3) is 0.316. The first-order valence-electron chi connectivity index (χ1n) is 7.48. The molecule has 2 aromatic carbocycles. The molecule has 0 fully saturated rings. The Morgan fingerprint density at radius 2 is 1.71 bits per heavy atom. The van der Waals surface area contributed by atoms with Crippen molar-refractivity contribution in [2.75, 3.05) is 0 Å². The molecule has 0 amide bonds. The SMILES string of the molecule is CC.CCCc1cc(C#N)c(C)c(-c2ccc(O)cc2)c1. The highest BCUT2D eigenvalue weighted by Gasteiger charge is 2.09. The van der Waals surface area contributed by atoms with Gasteiger partial charge in [-0.15, -0.1) is 0 Å². The highest BCUT2D eigenvalue weighted by atomic mass is 16.3. The van der Waals surface area contributed by atoms with Gasteiger partial charge in [-0.05, 0) is 53.8 Å². The minimum atomic E-state index is 0.256. The van der Waals surface area contributed by atoms with Crippen LogP contribution in [-0.4, -0.2) is 5.11 Å². The summed E-state index contributed by atoms with van der Waals surface area (Å²) in [6.07, 6.45) is 2.03. The lowest BCUT2D eigenvalue weighted by atomic mass is 9.93. The quantitative estimate of drug-likeness (QED) is 0.838. The molecule has 2 rings (SSSR count). The summed E-state index contributed by atoms with van der Waals surface area (Å²) in [5, 5.41) is 18.6. The Labute approximate surface area is 127 Å². The fourth-order valence-electron chi connectivity index (χ4n) is 2.26. The molecular formula is C19H23NO. The Morgan fingerprint density at radius 3 is 2.24 bits per heavy atom. The van der Waals surface area contributed by atoms with Gasteiger partial charge in [-0.1, -0.05) is 45.4 Å². The molecular weight excluding hydrogens is 258 g/mol. The third kappa shape index (κ3) is 4.10. The molecule has 2 heteroatoms. The van der Waals surface area contributed by atoms with Gasteiger partial charge in [0, 0.05) is 0 Å². The van der Waals surface area contributed by atoms with Gasteiger partial charge in [-0.3, -0.25) is 0 Å². The minimum Gasteiger partial charge on any atom is -0.508 e. The predicted molar refractivity (Wildman–Crippen MR) is 88.3 cm³/mol. The number of benzene rings is 2. The topological polar surface area (TPSA) is 44.0 Å². The van der Waals surface area contributed by atoms with Crippen molar-refractivity contribution in [1.82, 2.24) is 0 Å². The molecule has 0 aromatic heterocycles. The molecule has 2 aromatic rings. The van der Waals surface area contributed by atoms with Gasteiger partial charge in [0.1, 0.15) is 5.75 Å².